The molecule has 0 saturated carbocycles. The molecule has 0 aliphatic heterocycles. The van der Waals surface area contributed by atoms with Gasteiger partial charge in [-0.05, 0) is 37.1 Å². The van der Waals surface area contributed by atoms with Crippen LogP contribution in [0.2, 0.25) is 19.6 Å². The summed E-state index contributed by atoms with van der Waals surface area (Å²) in [6.07, 6.45) is 0. The molecule has 2 rings (SSSR count). The molecule has 2 aromatic rings. The average Bonchev–Trinajstić information content (AvgIpc) is 2.49. The molecule has 0 aromatic heterocycles. The maximum absolute atomic E-state index is 13.1. The Morgan fingerprint density at radius 1 is 0.704 bits per heavy atom. The van der Waals surface area contributed by atoms with Crippen LogP contribution in [-0.4, -0.2) is 29.1 Å². The smallest absolute Gasteiger partial charge is 0.249 e. The Bertz CT molecular complexity index is 952. The number of benzene rings is 2. The first-order chi connectivity index (χ1) is 12.3. The first-order valence-corrected chi connectivity index (χ1v) is 15.2. The summed E-state index contributed by atoms with van der Waals surface area (Å²) in [5, 5.41) is 0. The van der Waals surface area contributed by atoms with Crippen molar-refractivity contribution in [2.75, 3.05) is 9.44 Å². The van der Waals surface area contributed by atoms with E-state index in [-0.39, 0.29) is 0 Å². The van der Waals surface area contributed by atoms with Crippen molar-refractivity contribution in [1.29, 1.82) is 0 Å². The van der Waals surface area contributed by atoms with Gasteiger partial charge in [-0.15, -0.1) is 0 Å². The number of rotatable bonds is 7. The first-order valence-electron chi connectivity index (χ1n) is 8.49. The molecule has 9 heteroatoms. The average molecular weight is 427 g/mol. The molecule has 0 aliphatic carbocycles. The lowest BCUT2D eigenvalue weighted by atomic mass is 10.2. The quantitative estimate of drug-likeness (QED) is 0.661. The monoisotopic (exact) mass is 426 g/mol. The third-order valence-corrected chi connectivity index (χ3v) is 15.2. The second-order valence-electron chi connectivity index (χ2n) is 7.62. The predicted octanol–water partition coefficient (Wildman–Crippen LogP) is 3.69. The number of aryl methyl sites for hydroxylation is 2. The Morgan fingerprint density at radius 2 is 1.04 bits per heavy atom. The summed E-state index contributed by atoms with van der Waals surface area (Å²) in [4.78, 5) is 0. The highest BCUT2D eigenvalue weighted by Gasteiger charge is 2.48. The molecule has 0 radical (unpaired) electrons. The molecule has 0 bridgehead atoms. The zero-order valence-corrected chi connectivity index (χ0v) is 18.8. The largest absolute Gasteiger partial charge is 0.282 e. The minimum atomic E-state index is -4.18. The maximum Gasteiger partial charge on any atom is 0.249 e. The van der Waals surface area contributed by atoms with Gasteiger partial charge in [-0.1, -0.05) is 56.0 Å². The van der Waals surface area contributed by atoms with E-state index in [2.05, 4.69) is 9.44 Å². The number of nitrogens with one attached hydrogen (secondary N) is 2. The van der Waals surface area contributed by atoms with Crippen LogP contribution < -0.4 is 9.44 Å². The predicted molar refractivity (Wildman–Crippen MR) is 115 cm³/mol. The molecule has 2 aromatic carbocycles. The van der Waals surface area contributed by atoms with Crippen LogP contribution in [0, 0.1) is 13.8 Å². The molecule has 0 heterocycles. The fraction of sp³-hybridized carbons (Fsp3) is 0.333. The second-order valence-corrected chi connectivity index (χ2v) is 17.6. The molecule has 0 aliphatic rings. The van der Waals surface area contributed by atoms with Crippen molar-refractivity contribution in [3.8, 4) is 0 Å². The zero-order valence-electron chi connectivity index (χ0n) is 16.1. The highest BCUT2D eigenvalue weighted by Crippen LogP contribution is 2.27. The van der Waals surface area contributed by atoms with Gasteiger partial charge in [0, 0.05) is 0 Å². The summed E-state index contributed by atoms with van der Waals surface area (Å²) >= 11 is 0. The minimum Gasteiger partial charge on any atom is -0.282 e. The Kier molecular flexibility index (Phi) is 6.08. The normalized spacial score (nSPS) is 12.8. The van der Waals surface area contributed by atoms with Crippen molar-refractivity contribution in [1.82, 2.24) is 0 Å². The van der Waals surface area contributed by atoms with E-state index in [0.717, 1.165) is 11.1 Å². The summed E-state index contributed by atoms with van der Waals surface area (Å²) in [6, 6.07) is 13.8. The van der Waals surface area contributed by atoms with Crippen LogP contribution in [0.4, 0.5) is 11.4 Å². The molecule has 27 heavy (non-hydrogen) atoms. The molecule has 0 fully saturated rings. The van der Waals surface area contributed by atoms with E-state index in [4.69, 9.17) is 0 Å². The molecule has 0 saturated heterocycles. The van der Waals surface area contributed by atoms with Gasteiger partial charge >= 0.3 is 0 Å². The molecular weight excluding hydrogens is 400 g/mol. The summed E-state index contributed by atoms with van der Waals surface area (Å²) in [6.45, 7) is 8.71. The van der Waals surface area contributed by atoms with E-state index in [1.54, 1.807) is 82.0 Å². The van der Waals surface area contributed by atoms with Crippen LogP contribution in [0.3, 0.4) is 0 Å². The van der Waals surface area contributed by atoms with Crippen molar-refractivity contribution in [3.05, 3.63) is 59.7 Å². The SMILES string of the molecule is Cc1ccccc1NS(=O)(=O)C([Si](C)(C)C)S(=O)(=O)Nc1ccccc1C. The highest BCUT2D eigenvalue weighted by molar-refractivity contribution is 8.12. The first kappa shape index (κ1) is 21.5. The van der Waals surface area contributed by atoms with Gasteiger partial charge in [0.1, 0.15) is 0 Å². The van der Waals surface area contributed by atoms with Crippen molar-refractivity contribution in [3.63, 3.8) is 0 Å². The number of hydrogen-bond acceptors (Lipinski definition) is 4. The number of hydrogen-bond donors (Lipinski definition) is 2. The molecule has 0 spiro atoms. The second kappa shape index (κ2) is 7.65. The van der Waals surface area contributed by atoms with E-state index < -0.39 is 32.3 Å². The van der Waals surface area contributed by atoms with Crippen LogP contribution in [0.15, 0.2) is 48.5 Å². The number of sulfonamides is 2. The lowest BCUT2D eigenvalue weighted by Gasteiger charge is -2.29. The third-order valence-electron chi connectivity index (χ3n) is 4.07. The topological polar surface area (TPSA) is 92.3 Å². The number of para-hydroxylation sites is 2. The summed E-state index contributed by atoms with van der Waals surface area (Å²) < 4.78 is 55.9. The van der Waals surface area contributed by atoms with Crippen LogP contribution in [0.1, 0.15) is 11.1 Å². The van der Waals surface area contributed by atoms with Gasteiger partial charge < -0.3 is 0 Å². The van der Waals surface area contributed by atoms with E-state index in [1.807, 2.05) is 0 Å². The van der Waals surface area contributed by atoms with Crippen molar-refractivity contribution >= 4 is 39.5 Å². The van der Waals surface area contributed by atoms with Gasteiger partial charge in [-0.3, -0.25) is 9.44 Å². The molecule has 6 nitrogen and oxygen atoms in total. The molecule has 0 unspecified atom stereocenters. The van der Waals surface area contributed by atoms with E-state index >= 15 is 0 Å². The van der Waals surface area contributed by atoms with E-state index in [0.29, 0.717) is 11.4 Å². The summed E-state index contributed by atoms with van der Waals surface area (Å²) in [5.41, 5.74) is 2.21. The van der Waals surface area contributed by atoms with Crippen molar-refractivity contribution in [2.24, 2.45) is 0 Å². The molecule has 0 amide bonds. The molecule has 0 atom stereocenters. The van der Waals surface area contributed by atoms with Gasteiger partial charge in [0.05, 0.1) is 19.4 Å². The fourth-order valence-corrected chi connectivity index (χ4v) is 13.6. The van der Waals surface area contributed by atoms with Crippen molar-refractivity contribution in [2.45, 2.75) is 37.7 Å². The Hall–Kier alpha value is -1.84. The summed E-state index contributed by atoms with van der Waals surface area (Å²) in [7, 11) is -11.1. The van der Waals surface area contributed by atoms with Gasteiger partial charge in [0.25, 0.3) is 0 Å². The van der Waals surface area contributed by atoms with Gasteiger partial charge in [0.15, 0.2) is 4.21 Å². The Morgan fingerprint density at radius 3 is 1.33 bits per heavy atom. The zero-order chi connectivity index (χ0) is 20.5. The maximum atomic E-state index is 13.1. The van der Waals surface area contributed by atoms with Gasteiger partial charge in [0.2, 0.25) is 20.0 Å². The third kappa shape index (κ3) is 5.11. The Balaban J connectivity index is 2.48. The van der Waals surface area contributed by atoms with Crippen LogP contribution in [-0.2, 0) is 20.0 Å². The lowest BCUT2D eigenvalue weighted by molar-refractivity contribution is 0.590. The van der Waals surface area contributed by atoms with E-state index in [1.165, 1.54) is 0 Å². The fourth-order valence-electron chi connectivity index (χ4n) is 2.89. The molecule has 148 valence electrons. The van der Waals surface area contributed by atoms with Crippen LogP contribution >= 0.6 is 0 Å². The Labute approximate surface area is 163 Å². The van der Waals surface area contributed by atoms with Gasteiger partial charge in [-0.2, -0.15) is 0 Å². The lowest BCUT2D eigenvalue weighted by Crippen LogP contribution is -2.53. The minimum absolute atomic E-state index is 0.381. The molecule has 2 N–H and O–H groups in total. The van der Waals surface area contributed by atoms with E-state index in [9.17, 15) is 16.8 Å². The number of anilines is 2. The van der Waals surface area contributed by atoms with Crippen molar-refractivity contribution < 1.29 is 16.8 Å². The standard InChI is InChI=1S/C18H26N2O4S2Si/c1-14-10-6-8-12-16(14)19-25(21,22)18(27(3,4)5)26(23,24)20-17-13-9-7-11-15(17)2/h6-13,18-20H,1-5H3. The van der Waals surface area contributed by atoms with Crippen LogP contribution in [0.5, 0.6) is 0 Å². The summed E-state index contributed by atoms with van der Waals surface area (Å²) in [5.74, 6) is 0. The molecular formula is C18H26N2O4S2Si. The van der Waals surface area contributed by atoms with Crippen LogP contribution in [0.25, 0.3) is 0 Å². The van der Waals surface area contributed by atoms with Gasteiger partial charge in [-0.25, -0.2) is 16.8 Å². The highest BCUT2D eigenvalue weighted by atomic mass is 32.3.